The molecule has 6 rings (SSSR count). The molecule has 61 heavy (non-hydrogen) atoms. The SMILES string of the molecule is C[C@@H]1CN(c2ccc(Cl)c(Cl)c2)CCN1.C[C@@H]1CN(c2ccc(Cl)c(Cl)c2)CCN1C(=O)OC(C)(C)C.C[C@@H]1CNCCN1C(=O)OC(C)(C)C.Cl.Clc1ccc(Br)cc1Cl. The average Bonchev–Trinajstić information content (AvgIpc) is 3.15. The number of hydrogen-bond acceptors (Lipinski definition) is 8. The molecule has 0 saturated carbocycles. The maximum atomic E-state index is 12.2. The minimum atomic E-state index is -0.475. The third kappa shape index (κ3) is 19.5. The predicted molar refractivity (Wildman–Crippen MR) is 264 cm³/mol. The quantitative estimate of drug-likeness (QED) is 0.245. The standard InChI is InChI=1S/C16H22Cl2N2O2.C11H14Cl2N2.C10H20N2O2.C6H3BrCl2.ClH/c1-11-10-19(12-5-6-13(17)14(18)9-12)7-8-20(11)15(21)22-16(2,3)4;1-8-7-15(5-4-14-8)9-2-3-10(12)11(13)6-9;1-8-7-11-5-6-12(8)9(13)14-10(2,3)4;7-4-1-2-5(8)6(9)3-4;/h5-6,9,11H,7-8,10H2,1-4H3;2-3,6,8,14H,4-5,7H2,1H3;8,11H,5-7H2,1-4H3;1-3H;1H/t11-;2*8-;;/m111../s1. The lowest BCUT2D eigenvalue weighted by Gasteiger charge is -2.41. The molecule has 2 amide bonds. The Bertz CT molecular complexity index is 1870. The third-order valence-corrected chi connectivity index (χ3v) is 11.9. The molecule has 3 aliphatic rings. The molecule has 3 saturated heterocycles. The fraction of sp³-hybridized carbons (Fsp3) is 0.535. The van der Waals surface area contributed by atoms with Crippen LogP contribution in [0.1, 0.15) is 62.3 Å². The number of carbonyl (C=O) groups is 2. The summed E-state index contributed by atoms with van der Waals surface area (Å²) >= 11 is 38.4. The topological polar surface area (TPSA) is 89.6 Å². The number of halogens is 8. The van der Waals surface area contributed by atoms with Crippen molar-refractivity contribution in [3.63, 3.8) is 0 Å². The Morgan fingerprint density at radius 3 is 1.48 bits per heavy atom. The summed E-state index contributed by atoms with van der Waals surface area (Å²) in [5.74, 6) is 0. The largest absolute Gasteiger partial charge is 0.444 e. The molecule has 3 aliphatic heterocycles. The van der Waals surface area contributed by atoms with Gasteiger partial charge in [0.2, 0.25) is 0 Å². The maximum absolute atomic E-state index is 12.2. The van der Waals surface area contributed by atoms with Gasteiger partial charge in [0, 0.05) is 92.9 Å². The Hall–Kier alpha value is -1.77. The Kier molecular flexibility index (Phi) is 23.3. The predicted octanol–water partition coefficient (Wildman–Crippen LogP) is 12.6. The van der Waals surface area contributed by atoms with Crippen molar-refractivity contribution in [2.24, 2.45) is 0 Å². The number of hydrogen-bond donors (Lipinski definition) is 2. The van der Waals surface area contributed by atoms with Gasteiger partial charge in [-0.25, -0.2) is 9.59 Å². The molecule has 18 heteroatoms. The van der Waals surface area contributed by atoms with Crippen molar-refractivity contribution in [2.45, 2.75) is 91.6 Å². The maximum Gasteiger partial charge on any atom is 0.410 e. The van der Waals surface area contributed by atoms with Gasteiger partial charge in [0.25, 0.3) is 0 Å². The van der Waals surface area contributed by atoms with E-state index in [1.54, 1.807) is 28.0 Å². The van der Waals surface area contributed by atoms with Crippen LogP contribution in [-0.2, 0) is 9.47 Å². The number of benzene rings is 3. The molecule has 0 aliphatic carbocycles. The van der Waals surface area contributed by atoms with Crippen LogP contribution in [-0.4, -0.2) is 110 Å². The molecule has 342 valence electrons. The molecule has 3 fully saturated rings. The van der Waals surface area contributed by atoms with E-state index in [4.69, 9.17) is 79.1 Å². The molecule has 3 aromatic rings. The fourth-order valence-electron chi connectivity index (χ4n) is 6.22. The van der Waals surface area contributed by atoms with Gasteiger partial charge in [-0.2, -0.15) is 0 Å². The second kappa shape index (κ2) is 25.6. The van der Waals surface area contributed by atoms with Crippen LogP contribution in [0, 0.1) is 0 Å². The summed E-state index contributed by atoms with van der Waals surface area (Å²) in [6, 6.07) is 17.6. The first-order chi connectivity index (χ1) is 27.9. The number of carbonyl (C=O) groups excluding carboxylic acids is 2. The van der Waals surface area contributed by atoms with Crippen LogP contribution < -0.4 is 20.4 Å². The van der Waals surface area contributed by atoms with E-state index in [0.717, 1.165) is 68.2 Å². The Balaban J connectivity index is 0.000000291. The summed E-state index contributed by atoms with van der Waals surface area (Å²) in [6.45, 7) is 25.1. The molecule has 0 spiro atoms. The van der Waals surface area contributed by atoms with Gasteiger partial charge in [0.1, 0.15) is 11.2 Å². The van der Waals surface area contributed by atoms with E-state index in [2.05, 4.69) is 43.3 Å². The number of piperazine rings is 3. The van der Waals surface area contributed by atoms with Crippen LogP contribution in [0.2, 0.25) is 30.1 Å². The Labute approximate surface area is 407 Å². The average molecular weight is 1050 g/mol. The van der Waals surface area contributed by atoms with Crippen LogP contribution in [0.3, 0.4) is 0 Å². The molecule has 0 bridgehead atoms. The van der Waals surface area contributed by atoms with Gasteiger partial charge in [0.05, 0.1) is 30.1 Å². The van der Waals surface area contributed by atoms with Crippen molar-refractivity contribution in [3.8, 4) is 0 Å². The zero-order valence-corrected chi connectivity index (χ0v) is 43.2. The number of rotatable bonds is 2. The summed E-state index contributed by atoms with van der Waals surface area (Å²) < 4.78 is 11.7. The van der Waals surface area contributed by atoms with Crippen molar-refractivity contribution in [1.29, 1.82) is 0 Å². The smallest absolute Gasteiger partial charge is 0.410 e. The summed E-state index contributed by atoms with van der Waals surface area (Å²) in [6.07, 6.45) is -0.458. The highest BCUT2D eigenvalue weighted by molar-refractivity contribution is 9.10. The second-order valence-corrected chi connectivity index (χ2v) is 20.1. The number of ether oxygens (including phenoxy) is 2. The van der Waals surface area contributed by atoms with Crippen LogP contribution in [0.25, 0.3) is 0 Å². The number of nitrogens with one attached hydrogen (secondary N) is 2. The van der Waals surface area contributed by atoms with E-state index in [1.165, 1.54) is 0 Å². The molecule has 0 unspecified atom stereocenters. The van der Waals surface area contributed by atoms with E-state index in [1.807, 2.05) is 91.8 Å². The second-order valence-electron chi connectivity index (χ2n) is 16.8. The fourth-order valence-corrected chi connectivity index (χ4v) is 7.59. The van der Waals surface area contributed by atoms with E-state index < -0.39 is 11.2 Å². The number of nitrogens with zero attached hydrogens (tertiary/aromatic N) is 4. The van der Waals surface area contributed by atoms with Crippen molar-refractivity contribution < 1.29 is 19.1 Å². The van der Waals surface area contributed by atoms with Gasteiger partial charge in [-0.1, -0.05) is 85.5 Å². The third-order valence-electron chi connectivity index (χ3n) is 9.17. The lowest BCUT2D eigenvalue weighted by molar-refractivity contribution is 0.0136. The molecule has 2 N–H and O–H groups in total. The lowest BCUT2D eigenvalue weighted by atomic mass is 10.1. The van der Waals surface area contributed by atoms with Crippen molar-refractivity contribution in [3.05, 3.63) is 89.2 Å². The van der Waals surface area contributed by atoms with E-state index in [9.17, 15) is 9.59 Å². The minimum absolute atomic E-state index is 0. The van der Waals surface area contributed by atoms with Crippen molar-refractivity contribution in [2.75, 3.05) is 68.7 Å². The summed E-state index contributed by atoms with van der Waals surface area (Å²) in [5.41, 5.74) is 1.29. The van der Waals surface area contributed by atoms with Gasteiger partial charge in [-0.05, 0) is 117 Å². The van der Waals surface area contributed by atoms with Crippen LogP contribution in [0.4, 0.5) is 21.0 Å². The van der Waals surface area contributed by atoms with Gasteiger partial charge in [-0.3, -0.25) is 0 Å². The van der Waals surface area contributed by atoms with Crippen molar-refractivity contribution >= 4 is 122 Å². The zero-order valence-electron chi connectivity index (χ0n) is 36.3. The zero-order chi connectivity index (χ0) is 44.9. The van der Waals surface area contributed by atoms with Gasteiger partial charge in [0.15, 0.2) is 0 Å². The van der Waals surface area contributed by atoms with Crippen LogP contribution >= 0.6 is 97.9 Å². The molecular formula is C43H60BrCl7N6O4. The first-order valence-electron chi connectivity index (χ1n) is 19.9. The van der Waals surface area contributed by atoms with Crippen LogP contribution in [0.5, 0.6) is 0 Å². The summed E-state index contributed by atoms with van der Waals surface area (Å²) in [4.78, 5) is 32.0. The van der Waals surface area contributed by atoms with E-state index >= 15 is 0 Å². The van der Waals surface area contributed by atoms with Gasteiger partial charge >= 0.3 is 12.2 Å². The van der Waals surface area contributed by atoms with E-state index in [-0.39, 0.29) is 36.7 Å². The summed E-state index contributed by atoms with van der Waals surface area (Å²) in [7, 11) is 0. The van der Waals surface area contributed by atoms with Gasteiger partial charge in [-0.15, -0.1) is 12.4 Å². The highest BCUT2D eigenvalue weighted by Gasteiger charge is 2.31. The molecule has 10 nitrogen and oxygen atoms in total. The highest BCUT2D eigenvalue weighted by atomic mass is 79.9. The molecular weight excluding hydrogens is 993 g/mol. The summed E-state index contributed by atoms with van der Waals surface area (Å²) in [5, 5.41) is 10.1. The molecule has 3 atom stereocenters. The molecule has 3 aromatic carbocycles. The molecule has 0 aromatic heterocycles. The monoisotopic (exact) mass is 1050 g/mol. The van der Waals surface area contributed by atoms with Crippen molar-refractivity contribution in [1.82, 2.24) is 20.4 Å². The lowest BCUT2D eigenvalue weighted by Crippen LogP contribution is -2.55. The number of amides is 2. The Morgan fingerprint density at radius 1 is 0.607 bits per heavy atom. The molecule has 0 radical (unpaired) electrons. The highest BCUT2D eigenvalue weighted by Crippen LogP contribution is 2.30. The van der Waals surface area contributed by atoms with Crippen LogP contribution in [0.15, 0.2) is 59.1 Å². The van der Waals surface area contributed by atoms with Gasteiger partial charge < -0.3 is 39.7 Å². The normalized spacial score (nSPS) is 19.1. The number of anilines is 2. The molecule has 3 heterocycles. The van der Waals surface area contributed by atoms with E-state index in [0.29, 0.717) is 42.7 Å². The first-order valence-corrected chi connectivity index (χ1v) is 22.9. The first kappa shape index (κ1) is 55.4. The minimum Gasteiger partial charge on any atom is -0.444 e. The Morgan fingerprint density at radius 2 is 1.07 bits per heavy atom.